The topological polar surface area (TPSA) is 75.6 Å². The molecular formula is C15H18FNO4. The van der Waals surface area contributed by atoms with Gasteiger partial charge in [0.15, 0.2) is 5.60 Å². The zero-order chi connectivity index (χ0) is 15.7. The number of carboxylic acid groups (broad SMARTS) is 1. The third-order valence-corrected chi connectivity index (χ3v) is 3.70. The molecular weight excluding hydrogens is 277 g/mol. The highest BCUT2D eigenvalue weighted by atomic mass is 19.1. The van der Waals surface area contributed by atoms with Crippen molar-refractivity contribution < 1.29 is 23.8 Å². The molecule has 6 heteroatoms. The van der Waals surface area contributed by atoms with Gasteiger partial charge in [-0.1, -0.05) is 0 Å². The first-order chi connectivity index (χ1) is 9.75. The Kier molecular flexibility index (Phi) is 3.89. The highest BCUT2D eigenvalue weighted by Crippen LogP contribution is 2.33. The maximum Gasteiger partial charge on any atom is 0.329 e. The van der Waals surface area contributed by atoms with Crippen LogP contribution in [0.2, 0.25) is 0 Å². The number of carbonyl (C=O) groups excluding carboxylic acids is 1. The Morgan fingerprint density at radius 2 is 1.86 bits per heavy atom. The van der Waals surface area contributed by atoms with Crippen LogP contribution in [0.3, 0.4) is 0 Å². The lowest BCUT2D eigenvalue weighted by molar-refractivity contribution is -0.154. The Morgan fingerprint density at radius 1 is 1.29 bits per heavy atom. The van der Waals surface area contributed by atoms with Crippen molar-refractivity contribution in [2.45, 2.75) is 44.2 Å². The summed E-state index contributed by atoms with van der Waals surface area (Å²) in [5.41, 5.74) is -2.43. The van der Waals surface area contributed by atoms with Crippen molar-refractivity contribution in [3.63, 3.8) is 0 Å². The fourth-order valence-electron chi connectivity index (χ4n) is 2.13. The minimum atomic E-state index is -1.25. The first kappa shape index (κ1) is 15.3. The van der Waals surface area contributed by atoms with Crippen LogP contribution in [0.5, 0.6) is 5.75 Å². The van der Waals surface area contributed by atoms with Crippen molar-refractivity contribution in [3.05, 3.63) is 30.1 Å². The Bertz CT molecular complexity index is 549. The summed E-state index contributed by atoms with van der Waals surface area (Å²) in [7, 11) is 0. The van der Waals surface area contributed by atoms with Crippen molar-refractivity contribution in [3.8, 4) is 5.75 Å². The number of carboxylic acids is 1. The van der Waals surface area contributed by atoms with Gasteiger partial charge in [0.05, 0.1) is 0 Å². The molecule has 114 valence electrons. The lowest BCUT2D eigenvalue weighted by Gasteiger charge is -2.40. The minimum absolute atomic E-state index is 0.342. The summed E-state index contributed by atoms with van der Waals surface area (Å²) in [4.78, 5) is 23.5. The third kappa shape index (κ3) is 3.15. The van der Waals surface area contributed by atoms with Crippen LogP contribution in [0.25, 0.3) is 0 Å². The van der Waals surface area contributed by atoms with Gasteiger partial charge in [0, 0.05) is 0 Å². The number of carbonyl (C=O) groups is 2. The quantitative estimate of drug-likeness (QED) is 0.872. The molecule has 2 rings (SSSR count). The van der Waals surface area contributed by atoms with E-state index < -0.39 is 28.8 Å². The second kappa shape index (κ2) is 5.35. The van der Waals surface area contributed by atoms with Gasteiger partial charge in [0.25, 0.3) is 5.91 Å². The lowest BCUT2D eigenvalue weighted by Crippen LogP contribution is -2.63. The van der Waals surface area contributed by atoms with E-state index in [1.165, 1.54) is 24.3 Å². The second-order valence-electron chi connectivity index (χ2n) is 5.76. The van der Waals surface area contributed by atoms with E-state index in [2.05, 4.69) is 5.32 Å². The predicted molar refractivity (Wildman–Crippen MR) is 73.5 cm³/mol. The second-order valence-corrected chi connectivity index (χ2v) is 5.76. The van der Waals surface area contributed by atoms with Gasteiger partial charge in [-0.05, 0) is 57.4 Å². The number of hydrogen-bond acceptors (Lipinski definition) is 3. The summed E-state index contributed by atoms with van der Waals surface area (Å²) in [6.45, 7) is 3.08. The fraction of sp³-hybridized carbons (Fsp3) is 0.467. The number of benzene rings is 1. The van der Waals surface area contributed by atoms with Gasteiger partial charge in [-0.15, -0.1) is 0 Å². The van der Waals surface area contributed by atoms with Crippen molar-refractivity contribution in [2.75, 3.05) is 0 Å². The Labute approximate surface area is 122 Å². The van der Waals surface area contributed by atoms with Gasteiger partial charge in [0.1, 0.15) is 17.1 Å². The molecule has 0 heterocycles. The Morgan fingerprint density at radius 3 is 2.29 bits per heavy atom. The molecule has 0 aliphatic heterocycles. The van der Waals surface area contributed by atoms with Gasteiger partial charge in [-0.3, -0.25) is 4.79 Å². The highest BCUT2D eigenvalue weighted by Gasteiger charge is 2.48. The zero-order valence-electron chi connectivity index (χ0n) is 12.0. The van der Waals surface area contributed by atoms with Gasteiger partial charge in [-0.25, -0.2) is 9.18 Å². The summed E-state index contributed by atoms with van der Waals surface area (Å²) in [5, 5.41) is 11.8. The average molecular weight is 295 g/mol. The van der Waals surface area contributed by atoms with Crippen molar-refractivity contribution in [1.29, 1.82) is 0 Å². The number of nitrogens with one attached hydrogen (secondary N) is 1. The van der Waals surface area contributed by atoms with Crippen molar-refractivity contribution >= 4 is 11.9 Å². The largest absolute Gasteiger partial charge is 0.480 e. The first-order valence-electron chi connectivity index (χ1n) is 6.76. The molecule has 1 saturated carbocycles. The lowest BCUT2D eigenvalue weighted by atomic mass is 9.76. The molecule has 0 unspecified atom stereocenters. The van der Waals surface area contributed by atoms with Gasteiger partial charge in [0.2, 0.25) is 0 Å². The number of hydrogen-bond donors (Lipinski definition) is 2. The molecule has 2 N–H and O–H groups in total. The summed E-state index contributed by atoms with van der Waals surface area (Å²) in [5.74, 6) is -1.59. The van der Waals surface area contributed by atoms with Crippen molar-refractivity contribution in [1.82, 2.24) is 5.32 Å². The molecule has 0 aromatic heterocycles. The number of aliphatic carboxylic acids is 1. The maximum atomic E-state index is 12.8. The van der Waals surface area contributed by atoms with E-state index in [-0.39, 0.29) is 0 Å². The molecule has 0 spiro atoms. The summed E-state index contributed by atoms with van der Waals surface area (Å²) in [6, 6.07) is 5.29. The molecule has 1 aliphatic rings. The van der Waals surface area contributed by atoms with Crippen LogP contribution >= 0.6 is 0 Å². The van der Waals surface area contributed by atoms with E-state index in [0.29, 0.717) is 18.6 Å². The normalized spacial score (nSPS) is 16.7. The van der Waals surface area contributed by atoms with Crippen LogP contribution in [0.15, 0.2) is 24.3 Å². The van der Waals surface area contributed by atoms with Crippen LogP contribution < -0.4 is 10.1 Å². The van der Waals surface area contributed by atoms with Crippen LogP contribution in [0.4, 0.5) is 4.39 Å². The molecule has 0 saturated heterocycles. The number of rotatable bonds is 5. The van der Waals surface area contributed by atoms with Crippen LogP contribution in [0, 0.1) is 5.82 Å². The predicted octanol–water partition coefficient (Wildman–Crippen LogP) is 2.11. The van der Waals surface area contributed by atoms with Gasteiger partial charge < -0.3 is 15.2 Å². The minimum Gasteiger partial charge on any atom is -0.480 e. The monoisotopic (exact) mass is 295 g/mol. The summed E-state index contributed by atoms with van der Waals surface area (Å²) in [6.07, 6.45) is 1.60. The van der Waals surface area contributed by atoms with Gasteiger partial charge >= 0.3 is 5.97 Å². The molecule has 0 atom stereocenters. The maximum absolute atomic E-state index is 12.8. The molecule has 0 bridgehead atoms. The fourth-order valence-corrected chi connectivity index (χ4v) is 2.13. The molecule has 21 heavy (non-hydrogen) atoms. The standard InChI is InChI=1S/C15H18FNO4/c1-14(2,21-11-6-4-10(16)5-7-11)12(18)17-15(13(19)20)8-3-9-15/h4-7H,3,8-9H2,1-2H3,(H,17,18)(H,19,20). The van der Waals surface area contributed by atoms with E-state index in [1.54, 1.807) is 13.8 Å². The number of ether oxygens (including phenoxy) is 1. The van der Waals surface area contributed by atoms with E-state index >= 15 is 0 Å². The summed E-state index contributed by atoms with van der Waals surface area (Å²) >= 11 is 0. The van der Waals surface area contributed by atoms with Crippen LogP contribution in [0.1, 0.15) is 33.1 Å². The van der Waals surface area contributed by atoms with Crippen LogP contribution in [-0.4, -0.2) is 28.1 Å². The molecule has 5 nitrogen and oxygen atoms in total. The zero-order valence-corrected chi connectivity index (χ0v) is 12.0. The Balaban J connectivity index is 2.06. The molecule has 1 aromatic rings. The average Bonchev–Trinajstić information content (AvgIpc) is 2.35. The highest BCUT2D eigenvalue weighted by molar-refractivity contribution is 5.91. The molecule has 1 aliphatic carbocycles. The molecule has 0 radical (unpaired) electrons. The number of amides is 1. The SMILES string of the molecule is CC(C)(Oc1ccc(F)cc1)C(=O)NC1(C(=O)O)CCC1. The van der Waals surface area contributed by atoms with Crippen LogP contribution in [-0.2, 0) is 9.59 Å². The van der Waals surface area contributed by atoms with Crippen molar-refractivity contribution in [2.24, 2.45) is 0 Å². The van der Waals surface area contributed by atoms with E-state index in [1.807, 2.05) is 0 Å². The number of halogens is 1. The van der Waals surface area contributed by atoms with E-state index in [0.717, 1.165) is 6.42 Å². The Hall–Kier alpha value is -2.11. The van der Waals surface area contributed by atoms with E-state index in [9.17, 15) is 19.1 Å². The van der Waals surface area contributed by atoms with E-state index in [4.69, 9.17) is 4.74 Å². The molecule has 1 aromatic carbocycles. The third-order valence-electron chi connectivity index (χ3n) is 3.70. The molecule has 1 amide bonds. The van der Waals surface area contributed by atoms with Gasteiger partial charge in [-0.2, -0.15) is 0 Å². The smallest absolute Gasteiger partial charge is 0.329 e. The summed E-state index contributed by atoms with van der Waals surface area (Å²) < 4.78 is 18.4. The molecule has 1 fully saturated rings. The first-order valence-corrected chi connectivity index (χ1v) is 6.76.